The first-order chi connectivity index (χ1) is 15.3. The number of hydrogen-bond acceptors (Lipinski definition) is 7. The predicted octanol–water partition coefficient (Wildman–Crippen LogP) is 1.71. The van der Waals surface area contributed by atoms with Crippen molar-refractivity contribution < 1.29 is 13.5 Å². The largest absolute Gasteiger partial charge is 0.390 e. The van der Waals surface area contributed by atoms with Crippen LogP contribution in [0.4, 0.5) is 5.82 Å². The quantitative estimate of drug-likeness (QED) is 0.587. The Morgan fingerprint density at radius 3 is 2.59 bits per heavy atom. The van der Waals surface area contributed by atoms with Crippen LogP contribution in [0.1, 0.15) is 23.2 Å². The van der Waals surface area contributed by atoms with E-state index < -0.39 is 16.1 Å². The number of fused-ring (bicyclic) bond motifs is 1. The Hall–Kier alpha value is -3.50. The van der Waals surface area contributed by atoms with E-state index in [4.69, 9.17) is 5.26 Å². The van der Waals surface area contributed by atoms with Crippen LogP contribution in [-0.4, -0.2) is 59.3 Å². The van der Waals surface area contributed by atoms with E-state index in [1.165, 1.54) is 4.31 Å². The van der Waals surface area contributed by atoms with Crippen molar-refractivity contribution >= 4 is 26.6 Å². The van der Waals surface area contributed by atoms with Crippen molar-refractivity contribution in [3.8, 4) is 17.9 Å². The van der Waals surface area contributed by atoms with Crippen LogP contribution in [0.3, 0.4) is 0 Å². The number of sulfonamides is 1. The zero-order chi connectivity index (χ0) is 22.7. The van der Waals surface area contributed by atoms with Gasteiger partial charge < -0.3 is 10.4 Å². The molecule has 0 aliphatic carbocycles. The molecule has 1 aliphatic rings. The van der Waals surface area contributed by atoms with E-state index in [-0.39, 0.29) is 12.6 Å². The molecule has 1 aromatic carbocycles. The summed E-state index contributed by atoms with van der Waals surface area (Å²) in [5, 5.41) is 24.2. The first-order valence-corrected chi connectivity index (χ1v) is 11.8. The standard InChI is InChI=1S/C23H21N5O3S/c1-32(30,31)28-11-9-21(22(29)15-28)27-23-12-19-18(14-26-23)8-10-25-20(19)7-6-16-2-4-17(13-24)5-3-16/h2-5,8,10,12,14,21-22,29H,9,11,15H2,1H3,(H,26,27)/t21-,22-/m1/s1. The van der Waals surface area contributed by atoms with Gasteiger partial charge in [0.1, 0.15) is 11.5 Å². The van der Waals surface area contributed by atoms with E-state index in [2.05, 4.69) is 33.2 Å². The minimum absolute atomic E-state index is 0.0486. The number of nitrogens with zero attached hydrogens (tertiary/aromatic N) is 4. The van der Waals surface area contributed by atoms with Gasteiger partial charge in [0, 0.05) is 41.8 Å². The Balaban J connectivity index is 1.57. The fourth-order valence-electron chi connectivity index (χ4n) is 3.57. The average Bonchev–Trinajstić information content (AvgIpc) is 2.78. The first-order valence-electron chi connectivity index (χ1n) is 10.00. The van der Waals surface area contributed by atoms with Gasteiger partial charge in [-0.25, -0.2) is 18.4 Å². The van der Waals surface area contributed by atoms with Crippen molar-refractivity contribution in [1.82, 2.24) is 14.3 Å². The number of nitriles is 1. The molecule has 0 amide bonds. The second-order valence-electron chi connectivity index (χ2n) is 7.62. The number of rotatable bonds is 3. The third-order valence-corrected chi connectivity index (χ3v) is 6.60. The van der Waals surface area contributed by atoms with Gasteiger partial charge in [0.2, 0.25) is 10.0 Å². The molecular formula is C23H21N5O3S. The van der Waals surface area contributed by atoms with Crippen molar-refractivity contribution in [2.45, 2.75) is 18.6 Å². The molecule has 3 heterocycles. The third-order valence-electron chi connectivity index (χ3n) is 5.33. The molecule has 0 bridgehead atoms. The normalized spacial score (nSPS) is 19.0. The summed E-state index contributed by atoms with van der Waals surface area (Å²) >= 11 is 0. The molecule has 0 spiro atoms. The van der Waals surface area contributed by atoms with Gasteiger partial charge in [-0.05, 0) is 48.7 Å². The Labute approximate surface area is 186 Å². The number of benzene rings is 1. The third kappa shape index (κ3) is 4.87. The van der Waals surface area contributed by atoms with Gasteiger partial charge >= 0.3 is 0 Å². The van der Waals surface area contributed by atoms with Gasteiger partial charge in [0.25, 0.3) is 0 Å². The molecule has 9 heteroatoms. The highest BCUT2D eigenvalue weighted by Crippen LogP contribution is 2.22. The van der Waals surface area contributed by atoms with Crippen LogP contribution in [-0.2, 0) is 10.0 Å². The number of aliphatic hydroxyl groups excluding tert-OH is 1. The monoisotopic (exact) mass is 447 g/mol. The fraction of sp³-hybridized carbons (Fsp3) is 0.261. The zero-order valence-corrected chi connectivity index (χ0v) is 18.2. The second kappa shape index (κ2) is 8.93. The summed E-state index contributed by atoms with van der Waals surface area (Å²) in [5.74, 6) is 6.71. The molecule has 1 fully saturated rings. The molecule has 2 N–H and O–H groups in total. The Bertz CT molecular complexity index is 1350. The van der Waals surface area contributed by atoms with Crippen LogP contribution >= 0.6 is 0 Å². The second-order valence-corrected chi connectivity index (χ2v) is 9.60. The van der Waals surface area contributed by atoms with Crippen LogP contribution < -0.4 is 5.32 Å². The molecule has 8 nitrogen and oxygen atoms in total. The van der Waals surface area contributed by atoms with Crippen LogP contribution in [0.2, 0.25) is 0 Å². The Morgan fingerprint density at radius 1 is 1.16 bits per heavy atom. The summed E-state index contributed by atoms with van der Waals surface area (Å²) < 4.78 is 24.7. The van der Waals surface area contributed by atoms with E-state index in [1.807, 2.05) is 12.1 Å². The Morgan fingerprint density at radius 2 is 1.91 bits per heavy atom. The van der Waals surface area contributed by atoms with E-state index in [0.717, 1.165) is 22.6 Å². The highest BCUT2D eigenvalue weighted by atomic mass is 32.2. The highest BCUT2D eigenvalue weighted by Gasteiger charge is 2.32. The molecular weight excluding hydrogens is 426 g/mol. The van der Waals surface area contributed by atoms with Crippen molar-refractivity contribution in [2.75, 3.05) is 24.7 Å². The van der Waals surface area contributed by atoms with E-state index in [9.17, 15) is 13.5 Å². The maximum atomic E-state index is 11.7. The molecule has 2 atom stereocenters. The van der Waals surface area contributed by atoms with Crippen molar-refractivity contribution in [1.29, 1.82) is 5.26 Å². The van der Waals surface area contributed by atoms with Gasteiger partial charge in [-0.15, -0.1) is 0 Å². The summed E-state index contributed by atoms with van der Waals surface area (Å²) in [6.45, 7) is 0.386. The molecule has 4 rings (SSSR count). The maximum Gasteiger partial charge on any atom is 0.211 e. The lowest BCUT2D eigenvalue weighted by Gasteiger charge is -2.35. The SMILES string of the molecule is CS(=O)(=O)N1CC[C@@H](Nc2cc3c(C#Cc4ccc(C#N)cc4)nccc3cn2)[C@H](O)C1. The summed E-state index contributed by atoms with van der Waals surface area (Å²) in [6, 6.07) is 12.4. The number of piperidine rings is 1. The number of aromatic nitrogens is 2. The number of nitrogens with one attached hydrogen (secondary N) is 1. The summed E-state index contributed by atoms with van der Waals surface area (Å²) in [4.78, 5) is 8.81. The molecule has 0 saturated carbocycles. The highest BCUT2D eigenvalue weighted by molar-refractivity contribution is 7.88. The first kappa shape index (κ1) is 21.7. The van der Waals surface area contributed by atoms with Crippen LogP contribution in [0, 0.1) is 23.2 Å². The molecule has 2 aromatic heterocycles. The van der Waals surface area contributed by atoms with E-state index in [0.29, 0.717) is 30.0 Å². The van der Waals surface area contributed by atoms with Gasteiger partial charge in [0.05, 0.1) is 30.0 Å². The Kier molecular flexibility index (Phi) is 6.06. The van der Waals surface area contributed by atoms with E-state index >= 15 is 0 Å². The predicted molar refractivity (Wildman–Crippen MR) is 121 cm³/mol. The number of hydrogen-bond donors (Lipinski definition) is 2. The lowest BCUT2D eigenvalue weighted by molar-refractivity contribution is 0.0952. The summed E-state index contributed by atoms with van der Waals surface area (Å²) in [6.07, 6.45) is 4.15. The fourth-order valence-corrected chi connectivity index (χ4v) is 4.43. The molecule has 162 valence electrons. The van der Waals surface area contributed by atoms with Crippen LogP contribution in [0.5, 0.6) is 0 Å². The number of β-amino-alcohol motifs (C(OH)–C–C–N with tert-alkyl or cyclic N) is 1. The van der Waals surface area contributed by atoms with Crippen molar-refractivity contribution in [3.05, 3.63) is 65.6 Å². The zero-order valence-electron chi connectivity index (χ0n) is 17.4. The van der Waals surface area contributed by atoms with Crippen molar-refractivity contribution in [3.63, 3.8) is 0 Å². The number of anilines is 1. The lowest BCUT2D eigenvalue weighted by atomic mass is 10.0. The molecule has 3 aromatic rings. The van der Waals surface area contributed by atoms with E-state index in [1.54, 1.807) is 36.7 Å². The van der Waals surface area contributed by atoms with Gasteiger partial charge in [-0.1, -0.05) is 5.92 Å². The molecule has 0 unspecified atom stereocenters. The molecule has 1 aliphatic heterocycles. The molecule has 0 radical (unpaired) electrons. The minimum Gasteiger partial charge on any atom is -0.390 e. The summed E-state index contributed by atoms with van der Waals surface area (Å²) in [5.41, 5.74) is 1.94. The average molecular weight is 448 g/mol. The lowest BCUT2D eigenvalue weighted by Crippen LogP contribution is -2.51. The molecule has 32 heavy (non-hydrogen) atoms. The van der Waals surface area contributed by atoms with Gasteiger partial charge in [0.15, 0.2) is 0 Å². The van der Waals surface area contributed by atoms with Gasteiger partial charge in [-0.3, -0.25) is 0 Å². The van der Waals surface area contributed by atoms with Crippen LogP contribution in [0.15, 0.2) is 48.8 Å². The smallest absolute Gasteiger partial charge is 0.211 e. The van der Waals surface area contributed by atoms with Crippen molar-refractivity contribution in [2.24, 2.45) is 0 Å². The van der Waals surface area contributed by atoms with Crippen LogP contribution in [0.25, 0.3) is 10.8 Å². The topological polar surface area (TPSA) is 119 Å². The molecule has 1 saturated heterocycles. The minimum atomic E-state index is -3.33. The number of pyridine rings is 2. The number of aliphatic hydroxyl groups is 1. The summed E-state index contributed by atoms with van der Waals surface area (Å²) in [7, 11) is -3.33. The van der Waals surface area contributed by atoms with Gasteiger partial charge in [-0.2, -0.15) is 9.57 Å². The maximum absolute atomic E-state index is 11.7.